The van der Waals surface area contributed by atoms with Gasteiger partial charge in [-0.1, -0.05) is 42.0 Å². The molecule has 0 aliphatic heterocycles. The van der Waals surface area contributed by atoms with Gasteiger partial charge in [0.2, 0.25) is 11.0 Å². The minimum Gasteiger partial charge on any atom is -0.497 e. The molecule has 2 aromatic rings. The largest absolute Gasteiger partial charge is 0.497 e. The number of thioether (sulfide) groups is 1. The molecule has 1 aromatic carbocycles. The maximum atomic E-state index is 12.3. The Bertz CT molecular complexity index is 716. The molecule has 25 heavy (non-hydrogen) atoms. The molecule has 0 radical (unpaired) electrons. The highest BCUT2D eigenvalue weighted by atomic mass is 32.2. The molecule has 1 heterocycles. The van der Waals surface area contributed by atoms with Crippen LogP contribution < -0.4 is 15.4 Å². The van der Waals surface area contributed by atoms with Crippen molar-refractivity contribution in [2.75, 3.05) is 12.4 Å². The van der Waals surface area contributed by atoms with Gasteiger partial charge in [0.1, 0.15) is 5.75 Å². The number of nitrogens with one attached hydrogen (secondary N) is 2. The van der Waals surface area contributed by atoms with Crippen molar-refractivity contribution in [3.63, 3.8) is 0 Å². The van der Waals surface area contributed by atoms with E-state index in [4.69, 9.17) is 4.74 Å². The van der Waals surface area contributed by atoms with Crippen LogP contribution in [0.5, 0.6) is 5.75 Å². The van der Waals surface area contributed by atoms with E-state index in [1.807, 2.05) is 31.2 Å². The predicted octanol–water partition coefficient (Wildman–Crippen LogP) is 3.83. The Balaban J connectivity index is 1.54. The Morgan fingerprint density at radius 3 is 2.92 bits per heavy atom. The second kappa shape index (κ2) is 8.53. The fraction of sp³-hybridized carbons (Fsp3) is 0.471. The third-order valence-corrected chi connectivity index (χ3v) is 6.10. The Morgan fingerprint density at radius 2 is 2.16 bits per heavy atom. The van der Waals surface area contributed by atoms with E-state index in [0.717, 1.165) is 28.6 Å². The number of aromatic nitrogens is 2. The molecule has 3 rings (SSSR count). The zero-order valence-electron chi connectivity index (χ0n) is 14.3. The maximum absolute atomic E-state index is 12.3. The highest BCUT2D eigenvalue weighted by Gasteiger charge is 2.22. The molecule has 0 spiro atoms. The van der Waals surface area contributed by atoms with Crippen LogP contribution in [0.1, 0.15) is 32.6 Å². The molecule has 1 saturated carbocycles. The molecule has 1 amide bonds. The topological polar surface area (TPSA) is 76.1 Å². The van der Waals surface area contributed by atoms with Gasteiger partial charge in [-0.15, -0.1) is 10.2 Å². The first kappa shape index (κ1) is 18.0. The number of hydrogen-bond donors (Lipinski definition) is 2. The Kier molecular flexibility index (Phi) is 6.14. The number of hydrogen-bond acceptors (Lipinski definition) is 7. The first-order chi connectivity index (χ1) is 12.1. The van der Waals surface area contributed by atoms with Crippen molar-refractivity contribution in [2.45, 2.75) is 48.2 Å². The molecule has 6 nitrogen and oxygen atoms in total. The molecule has 134 valence electrons. The summed E-state index contributed by atoms with van der Waals surface area (Å²) in [5.74, 6) is 0.857. The van der Waals surface area contributed by atoms with E-state index in [1.165, 1.54) is 35.9 Å². The molecule has 1 aromatic heterocycles. The van der Waals surface area contributed by atoms with Crippen LogP contribution in [0.15, 0.2) is 28.6 Å². The summed E-state index contributed by atoms with van der Waals surface area (Å²) in [6.07, 6.45) is 4.61. The van der Waals surface area contributed by atoms with E-state index in [-0.39, 0.29) is 11.2 Å². The number of carbonyl (C=O) groups is 1. The van der Waals surface area contributed by atoms with Gasteiger partial charge >= 0.3 is 0 Å². The van der Waals surface area contributed by atoms with E-state index in [1.54, 1.807) is 7.11 Å². The zero-order chi connectivity index (χ0) is 17.6. The van der Waals surface area contributed by atoms with E-state index < -0.39 is 0 Å². The van der Waals surface area contributed by atoms with Gasteiger partial charge in [-0.2, -0.15) is 0 Å². The van der Waals surface area contributed by atoms with Gasteiger partial charge in [-0.25, -0.2) is 0 Å². The number of ether oxygens (including phenoxy) is 1. The summed E-state index contributed by atoms with van der Waals surface area (Å²) < 4.78 is 5.99. The summed E-state index contributed by atoms with van der Waals surface area (Å²) >= 11 is 2.88. The molecule has 0 unspecified atom stereocenters. The number of nitrogens with zero attached hydrogens (tertiary/aromatic N) is 2. The smallest absolute Gasteiger partial charge is 0.233 e. The lowest BCUT2D eigenvalue weighted by Crippen LogP contribution is -2.37. The lowest BCUT2D eigenvalue weighted by Gasteiger charge is -2.15. The molecule has 1 fully saturated rings. The summed E-state index contributed by atoms with van der Waals surface area (Å²) in [4.78, 5) is 12.3. The number of amides is 1. The lowest BCUT2D eigenvalue weighted by molar-refractivity contribution is -0.120. The monoisotopic (exact) mass is 378 g/mol. The van der Waals surface area contributed by atoms with Gasteiger partial charge in [-0.3, -0.25) is 4.79 Å². The third-order valence-electron chi connectivity index (χ3n) is 4.08. The molecule has 1 aliphatic carbocycles. The Labute approximate surface area is 155 Å². The second-order valence-electron chi connectivity index (χ2n) is 5.98. The molecular formula is C17H22N4O2S2. The normalized spacial score (nSPS) is 15.8. The molecule has 0 bridgehead atoms. The number of rotatable bonds is 7. The van der Waals surface area contributed by atoms with Crippen LogP contribution >= 0.6 is 23.1 Å². The fourth-order valence-corrected chi connectivity index (χ4v) is 4.65. The first-order valence-electron chi connectivity index (χ1n) is 8.35. The van der Waals surface area contributed by atoms with Gasteiger partial charge in [-0.05, 0) is 31.9 Å². The van der Waals surface area contributed by atoms with Crippen LogP contribution in [0.25, 0.3) is 0 Å². The van der Waals surface area contributed by atoms with Crippen molar-refractivity contribution in [3.05, 3.63) is 24.3 Å². The number of anilines is 2. The van der Waals surface area contributed by atoms with E-state index in [9.17, 15) is 4.79 Å². The minimum atomic E-state index is -0.182. The van der Waals surface area contributed by atoms with Crippen LogP contribution in [0, 0.1) is 0 Å². The highest BCUT2D eigenvalue weighted by Crippen LogP contribution is 2.31. The van der Waals surface area contributed by atoms with Gasteiger partial charge in [0, 0.05) is 17.8 Å². The lowest BCUT2D eigenvalue weighted by atomic mass is 10.2. The molecule has 1 aliphatic rings. The molecule has 2 N–H and O–H groups in total. The van der Waals surface area contributed by atoms with Crippen LogP contribution in [0.4, 0.5) is 10.8 Å². The van der Waals surface area contributed by atoms with Crippen molar-refractivity contribution < 1.29 is 9.53 Å². The third kappa shape index (κ3) is 5.09. The summed E-state index contributed by atoms with van der Waals surface area (Å²) in [7, 11) is 1.64. The summed E-state index contributed by atoms with van der Waals surface area (Å²) in [5, 5.41) is 15.2. The van der Waals surface area contributed by atoms with E-state index >= 15 is 0 Å². The van der Waals surface area contributed by atoms with Crippen LogP contribution in [0.3, 0.4) is 0 Å². The minimum absolute atomic E-state index is 0.0782. The van der Waals surface area contributed by atoms with Gasteiger partial charge in [0.25, 0.3) is 0 Å². The van der Waals surface area contributed by atoms with Crippen molar-refractivity contribution >= 4 is 39.8 Å². The summed E-state index contributed by atoms with van der Waals surface area (Å²) in [6, 6.07) is 7.97. The number of carbonyl (C=O) groups excluding carboxylic acids is 1. The van der Waals surface area contributed by atoms with Gasteiger partial charge in [0.15, 0.2) is 4.34 Å². The highest BCUT2D eigenvalue weighted by molar-refractivity contribution is 8.02. The maximum Gasteiger partial charge on any atom is 0.233 e. The summed E-state index contributed by atoms with van der Waals surface area (Å²) in [6.45, 7) is 1.91. The van der Waals surface area contributed by atoms with Crippen molar-refractivity contribution in [2.24, 2.45) is 0 Å². The average molecular weight is 379 g/mol. The van der Waals surface area contributed by atoms with Crippen LogP contribution in [-0.4, -0.2) is 34.5 Å². The molecule has 8 heteroatoms. The van der Waals surface area contributed by atoms with Crippen molar-refractivity contribution in [1.29, 1.82) is 0 Å². The standard InChI is InChI=1S/C17H22N4O2S2/c1-11(15(22)18-12-6-3-4-7-12)24-17-21-20-16(25-17)19-13-8-5-9-14(10-13)23-2/h5,8-12H,3-4,6-7H2,1-2H3,(H,18,22)(H,19,20)/t11-/m0/s1. The average Bonchev–Trinajstić information content (AvgIpc) is 3.27. The predicted molar refractivity (Wildman–Crippen MR) is 102 cm³/mol. The van der Waals surface area contributed by atoms with Crippen LogP contribution in [-0.2, 0) is 4.79 Å². The first-order valence-corrected chi connectivity index (χ1v) is 10.1. The Hall–Kier alpha value is -1.80. The number of benzene rings is 1. The SMILES string of the molecule is COc1cccc(Nc2nnc(S[C@@H](C)C(=O)NC3CCCC3)s2)c1. The fourth-order valence-electron chi connectivity index (χ4n) is 2.73. The van der Waals surface area contributed by atoms with E-state index in [0.29, 0.717) is 11.2 Å². The molecule has 0 saturated heterocycles. The molecule has 1 atom stereocenters. The van der Waals surface area contributed by atoms with Crippen molar-refractivity contribution in [3.8, 4) is 5.75 Å². The molecular weight excluding hydrogens is 356 g/mol. The van der Waals surface area contributed by atoms with Crippen molar-refractivity contribution in [1.82, 2.24) is 15.5 Å². The Morgan fingerprint density at radius 1 is 1.36 bits per heavy atom. The van der Waals surface area contributed by atoms with Crippen LogP contribution in [0.2, 0.25) is 0 Å². The van der Waals surface area contributed by atoms with Gasteiger partial charge in [0.05, 0.1) is 12.4 Å². The second-order valence-corrected chi connectivity index (χ2v) is 8.55. The summed E-state index contributed by atoms with van der Waals surface area (Å²) in [5.41, 5.74) is 0.888. The zero-order valence-corrected chi connectivity index (χ0v) is 16.0. The van der Waals surface area contributed by atoms with E-state index in [2.05, 4.69) is 20.8 Å². The quantitative estimate of drug-likeness (QED) is 0.713. The van der Waals surface area contributed by atoms with Gasteiger partial charge < -0.3 is 15.4 Å². The number of methoxy groups -OCH3 is 1.